The van der Waals surface area contributed by atoms with E-state index in [9.17, 15) is 19.2 Å². The van der Waals surface area contributed by atoms with Crippen LogP contribution in [-0.2, 0) is 27.5 Å². The summed E-state index contributed by atoms with van der Waals surface area (Å²) in [5.74, 6) is -2.52. The highest BCUT2D eigenvalue weighted by Gasteiger charge is 2.21. The van der Waals surface area contributed by atoms with E-state index >= 15 is 0 Å². The minimum Gasteiger partial charge on any atom is -1.00 e. The number of carboxylic acid groups (broad SMARTS) is 1. The zero-order chi connectivity index (χ0) is 23.5. The molecule has 1 aromatic heterocycles. The molecule has 0 saturated carbocycles. The van der Waals surface area contributed by atoms with Crippen molar-refractivity contribution in [3.63, 3.8) is 0 Å². The molecule has 0 radical (unpaired) electrons. The molecule has 5 N–H and O–H groups in total. The molecular formula is C22H27ClN4O6. The molecule has 1 heterocycles. The van der Waals surface area contributed by atoms with Crippen molar-refractivity contribution >= 4 is 23.9 Å². The summed E-state index contributed by atoms with van der Waals surface area (Å²) < 4.78 is 6.72. The van der Waals surface area contributed by atoms with Gasteiger partial charge in [-0.05, 0) is 25.3 Å². The van der Waals surface area contributed by atoms with Gasteiger partial charge in [-0.1, -0.05) is 30.3 Å². The zero-order valence-electron chi connectivity index (χ0n) is 18.1. The lowest BCUT2D eigenvalue weighted by Gasteiger charge is -2.14. The Morgan fingerprint density at radius 1 is 1.06 bits per heavy atom. The number of hydrogen-bond acceptors (Lipinski definition) is 5. The van der Waals surface area contributed by atoms with Gasteiger partial charge >= 0.3 is 12.1 Å². The Morgan fingerprint density at radius 3 is 2.27 bits per heavy atom. The van der Waals surface area contributed by atoms with Gasteiger partial charge in [0.25, 0.3) is 12.6 Å². The maximum absolute atomic E-state index is 12.3. The summed E-state index contributed by atoms with van der Waals surface area (Å²) in [5.41, 5.74) is 6.34. The molecule has 0 fully saturated rings. The van der Waals surface area contributed by atoms with Crippen LogP contribution in [0.15, 0.2) is 54.9 Å². The monoisotopic (exact) mass is 478 g/mol. The third-order valence-corrected chi connectivity index (χ3v) is 4.53. The van der Waals surface area contributed by atoms with Gasteiger partial charge in [0.1, 0.15) is 6.04 Å². The summed E-state index contributed by atoms with van der Waals surface area (Å²) in [6, 6.07) is 11.3. The predicted octanol–water partition coefficient (Wildman–Crippen LogP) is -2.26. The number of aliphatic carboxylic acids is 1. The summed E-state index contributed by atoms with van der Waals surface area (Å²) in [6.45, 7) is 1.81. The van der Waals surface area contributed by atoms with Crippen LogP contribution in [0.4, 0.5) is 4.79 Å². The third kappa shape index (κ3) is 10.0. The Labute approximate surface area is 197 Å². The second kappa shape index (κ2) is 13.7. The quantitative estimate of drug-likeness (QED) is 0.268. The van der Waals surface area contributed by atoms with Gasteiger partial charge in [-0.15, -0.1) is 0 Å². The predicted molar refractivity (Wildman–Crippen MR) is 113 cm³/mol. The topological polar surface area (TPSA) is 152 Å². The number of amides is 3. The Kier molecular flexibility index (Phi) is 11.4. The van der Waals surface area contributed by atoms with Crippen LogP contribution in [0.5, 0.6) is 0 Å². The normalized spacial score (nSPS) is 11.9. The van der Waals surface area contributed by atoms with Crippen molar-refractivity contribution in [2.24, 2.45) is 5.73 Å². The number of halogens is 1. The standard InChI is InChI=1S/C22H26N4O6.ClH/c1-15(13-16-5-3-2-4-6-16)24-22(31)32-14-26-11-9-17(10-12-26)20(28)25-18(21(29)30)7-8-19(23)27;/h2-6,9-12,15,18H,7-8,13-14H2,1H3,(H4-,23,24,25,27,28,29,30,31);1H/t15-,18-;/m0./s1. The Hall–Kier alpha value is -3.66. The number of pyridine rings is 1. The maximum atomic E-state index is 12.3. The van der Waals surface area contributed by atoms with E-state index in [2.05, 4.69) is 10.6 Å². The molecule has 178 valence electrons. The summed E-state index contributed by atoms with van der Waals surface area (Å²) in [5, 5.41) is 14.3. The van der Waals surface area contributed by atoms with Crippen LogP contribution >= 0.6 is 0 Å². The number of carboxylic acids is 1. The summed E-state index contributed by atoms with van der Waals surface area (Å²) in [7, 11) is 0. The molecule has 1 aromatic carbocycles. The van der Waals surface area contributed by atoms with Crippen LogP contribution in [0.25, 0.3) is 0 Å². The van der Waals surface area contributed by atoms with Crippen LogP contribution in [0, 0.1) is 0 Å². The first-order valence-corrected chi connectivity index (χ1v) is 10.0. The first-order chi connectivity index (χ1) is 15.2. The number of aromatic nitrogens is 1. The molecule has 2 rings (SSSR count). The van der Waals surface area contributed by atoms with E-state index in [1.165, 1.54) is 24.5 Å². The number of hydrogen-bond donors (Lipinski definition) is 4. The molecule has 0 aliphatic carbocycles. The summed E-state index contributed by atoms with van der Waals surface area (Å²) in [4.78, 5) is 46.3. The van der Waals surface area contributed by atoms with Crippen molar-refractivity contribution < 1.29 is 46.0 Å². The number of primary amides is 1. The molecular weight excluding hydrogens is 452 g/mol. The minimum atomic E-state index is -1.26. The molecule has 0 aliphatic rings. The van der Waals surface area contributed by atoms with E-state index in [4.69, 9.17) is 15.6 Å². The molecule has 3 amide bonds. The minimum absolute atomic E-state index is 0. The lowest BCUT2D eigenvalue weighted by molar-refractivity contribution is -0.727. The van der Waals surface area contributed by atoms with E-state index in [0.717, 1.165) is 5.56 Å². The third-order valence-electron chi connectivity index (χ3n) is 4.53. The first-order valence-electron chi connectivity index (χ1n) is 10.0. The van der Waals surface area contributed by atoms with E-state index in [1.54, 1.807) is 4.57 Å². The SMILES string of the molecule is C[C@@H](Cc1ccccc1)NC(=O)OC[n+]1ccc(C(=O)N[C@@H](CCC(N)=O)C(=O)O)cc1.[Cl-]. The lowest BCUT2D eigenvalue weighted by atomic mass is 10.1. The lowest BCUT2D eigenvalue weighted by Crippen LogP contribution is -3.00. The van der Waals surface area contributed by atoms with Gasteiger partial charge in [0.15, 0.2) is 12.4 Å². The van der Waals surface area contributed by atoms with Crippen LogP contribution in [0.2, 0.25) is 0 Å². The van der Waals surface area contributed by atoms with Crippen molar-refractivity contribution in [2.45, 2.75) is 45.0 Å². The maximum Gasteiger partial charge on any atom is 0.412 e. The molecule has 2 atom stereocenters. The highest BCUT2D eigenvalue weighted by Crippen LogP contribution is 2.03. The highest BCUT2D eigenvalue weighted by molar-refractivity contribution is 5.96. The fourth-order valence-electron chi connectivity index (χ4n) is 2.88. The van der Waals surface area contributed by atoms with Gasteiger partial charge in [0, 0.05) is 24.6 Å². The molecule has 2 aromatic rings. The highest BCUT2D eigenvalue weighted by atomic mass is 35.5. The number of benzene rings is 1. The number of nitrogens with zero attached hydrogens (tertiary/aromatic N) is 1. The average Bonchev–Trinajstić information content (AvgIpc) is 2.75. The first kappa shape index (κ1) is 27.4. The van der Waals surface area contributed by atoms with Gasteiger partial charge in [-0.3, -0.25) is 9.59 Å². The molecule has 33 heavy (non-hydrogen) atoms. The van der Waals surface area contributed by atoms with Gasteiger partial charge in [-0.25, -0.2) is 9.59 Å². The second-order valence-electron chi connectivity index (χ2n) is 7.27. The summed E-state index contributed by atoms with van der Waals surface area (Å²) >= 11 is 0. The summed E-state index contributed by atoms with van der Waals surface area (Å²) in [6.07, 6.45) is 2.89. The van der Waals surface area contributed by atoms with E-state index < -0.39 is 29.9 Å². The van der Waals surface area contributed by atoms with E-state index in [-0.39, 0.29) is 43.6 Å². The second-order valence-corrected chi connectivity index (χ2v) is 7.27. The van der Waals surface area contributed by atoms with Crippen LogP contribution in [-0.4, -0.2) is 41.1 Å². The van der Waals surface area contributed by atoms with Gasteiger partial charge < -0.3 is 38.6 Å². The fraction of sp³-hybridized carbons (Fsp3) is 0.318. The number of carbonyl (C=O) groups excluding carboxylic acids is 3. The zero-order valence-corrected chi connectivity index (χ0v) is 18.8. The van der Waals surface area contributed by atoms with Crippen LogP contribution in [0.3, 0.4) is 0 Å². The van der Waals surface area contributed by atoms with E-state index in [1.807, 2.05) is 37.3 Å². The number of carbonyl (C=O) groups is 4. The largest absolute Gasteiger partial charge is 1.00 e. The van der Waals surface area contributed by atoms with E-state index in [0.29, 0.717) is 6.42 Å². The number of alkyl carbamates (subject to hydrolysis) is 1. The Morgan fingerprint density at radius 2 is 1.70 bits per heavy atom. The molecule has 0 saturated heterocycles. The molecule has 0 unspecified atom stereocenters. The Balaban J connectivity index is 0.00000544. The molecule has 10 nitrogen and oxygen atoms in total. The van der Waals surface area contributed by atoms with Crippen molar-refractivity contribution in [1.82, 2.24) is 10.6 Å². The molecule has 0 spiro atoms. The van der Waals surface area contributed by atoms with Gasteiger partial charge in [-0.2, -0.15) is 4.57 Å². The van der Waals surface area contributed by atoms with Gasteiger partial charge in [0.05, 0.1) is 5.56 Å². The number of nitrogens with one attached hydrogen (secondary N) is 2. The fourth-order valence-corrected chi connectivity index (χ4v) is 2.88. The number of ether oxygens (including phenoxy) is 1. The number of nitrogens with two attached hydrogens (primary N) is 1. The average molecular weight is 479 g/mol. The van der Waals surface area contributed by atoms with Crippen molar-refractivity contribution in [3.05, 3.63) is 66.0 Å². The molecule has 11 heteroatoms. The van der Waals surface area contributed by atoms with Crippen molar-refractivity contribution in [1.29, 1.82) is 0 Å². The smallest absolute Gasteiger partial charge is 0.412 e. The van der Waals surface area contributed by atoms with Gasteiger partial charge in [0.2, 0.25) is 5.91 Å². The molecule has 0 bridgehead atoms. The van der Waals surface area contributed by atoms with Crippen LogP contribution < -0.4 is 33.3 Å². The number of rotatable bonds is 11. The van der Waals surface area contributed by atoms with Crippen molar-refractivity contribution in [2.75, 3.05) is 0 Å². The van der Waals surface area contributed by atoms with Crippen LogP contribution in [0.1, 0.15) is 35.7 Å². The molecule has 0 aliphatic heterocycles. The van der Waals surface area contributed by atoms with Crippen molar-refractivity contribution in [3.8, 4) is 0 Å². The Bertz CT molecular complexity index is 940.